The van der Waals surface area contributed by atoms with Crippen molar-refractivity contribution in [2.24, 2.45) is 11.7 Å². The molecule has 15 rings (SSSR count). The molecule has 14 N–H and O–H groups in total. The summed E-state index contributed by atoms with van der Waals surface area (Å²) in [5.41, 5.74) is 16.0. The van der Waals surface area contributed by atoms with Crippen molar-refractivity contribution in [2.45, 2.75) is 128 Å². The molecule has 6 aliphatic rings. The minimum atomic E-state index is -4.33. The number of halogens is 2. The van der Waals surface area contributed by atoms with Crippen LogP contribution in [0.25, 0.3) is 44.7 Å². The Bertz CT molecular complexity index is 5030. The van der Waals surface area contributed by atoms with Crippen LogP contribution in [0.15, 0.2) is 77.9 Å². The summed E-state index contributed by atoms with van der Waals surface area (Å²) in [6.45, 7) is -15.5. The summed E-state index contributed by atoms with van der Waals surface area (Å²) in [6, 6.07) is 8.53. The van der Waals surface area contributed by atoms with Crippen LogP contribution in [0.5, 0.6) is 0 Å². The molecule has 6 fully saturated rings. The molecule has 1 aromatic carbocycles. The van der Waals surface area contributed by atoms with Crippen LogP contribution in [0, 0.1) is 5.92 Å². The van der Waals surface area contributed by atoms with Gasteiger partial charge in [0, 0.05) is 24.3 Å². The first-order valence-electron chi connectivity index (χ1n) is 30.6. The number of aromatic nitrogens is 16. The molecule has 2 amide bonds. The number of nitrogens with two attached hydrogens (primary N) is 3. The van der Waals surface area contributed by atoms with Gasteiger partial charge >= 0.3 is 26.9 Å². The van der Waals surface area contributed by atoms with E-state index < -0.39 is 168 Å². The van der Waals surface area contributed by atoms with Crippen LogP contribution in [0.3, 0.4) is 0 Å². The zero-order chi connectivity index (χ0) is 73.2. The number of amides is 2. The number of benzene rings is 1. The number of alkyl halides is 2. The molecule has 4 unspecified atom stereocenters. The summed E-state index contributed by atoms with van der Waals surface area (Å²) in [6.07, 6.45) is -10.8. The number of imidazole rings is 4. The Balaban J connectivity index is 0.000000207. The first-order valence-corrected chi connectivity index (χ1v) is 41.0. The molecule has 8 aromatic heterocycles. The van der Waals surface area contributed by atoms with Gasteiger partial charge in [0.05, 0.1) is 63.9 Å². The normalized spacial score (nSPS) is 32.1. The molecule has 41 nitrogen and oxygen atoms in total. The summed E-state index contributed by atoms with van der Waals surface area (Å²) < 4.78 is 107. The SMILES string of the molecule is C.C.CC(C)C(=O)Nc1nc2c(ncn2[C@@H]2O[C@@H]3COP(O)(=S)O[C@H]4C[C@H](n5cnc6c(NC(=O)c7ccccc7)ncnc65)O[C@@H]4COP(O)(=S)O[C@@H]2[C@@H]3F)c(=O)[nH]1.CN.Nc1nc2c(ncn2[C@@H]2O[C@@H]3COP(O)(=S)O[C@H]4C[C@H](n5cnc6c(N)ncnc65)O[C@@H]4COP(O)(=S)O[C@@H]2[C@@H]3F)c(=O)[nH]1. The highest BCUT2D eigenvalue weighted by molar-refractivity contribution is 8.08. The maximum absolute atomic E-state index is 16.2. The Morgan fingerprint density at radius 1 is 0.552 bits per heavy atom. The minimum absolute atomic E-state index is 0. The van der Waals surface area contributed by atoms with Gasteiger partial charge in [-0.25, -0.2) is 48.7 Å². The molecular formula is C54H69F2N21O20P4S4. The maximum Gasteiger partial charge on any atom is 0.325 e. The van der Waals surface area contributed by atoms with E-state index in [1.165, 1.54) is 47.8 Å². The molecule has 14 heterocycles. The second-order valence-electron chi connectivity index (χ2n) is 23.3. The highest BCUT2D eigenvalue weighted by Crippen LogP contribution is 2.57. The van der Waals surface area contributed by atoms with E-state index in [1.54, 1.807) is 53.3 Å². The molecular weight excluding hydrogens is 1550 g/mol. The van der Waals surface area contributed by atoms with Gasteiger partial charge in [-0.2, -0.15) is 9.97 Å². The maximum atomic E-state index is 16.2. The number of carbonyl (C=O) groups is 2. The molecule has 0 radical (unpaired) electrons. The van der Waals surface area contributed by atoms with Crippen LogP contribution in [-0.4, -0.2) is 204 Å². The average molecular weight is 1620 g/mol. The lowest BCUT2D eigenvalue weighted by Gasteiger charge is -2.27. The predicted octanol–water partition coefficient (Wildman–Crippen LogP) is 3.32. The number of ether oxygens (including phenoxy) is 4. The summed E-state index contributed by atoms with van der Waals surface area (Å²) in [4.78, 5) is 141. The number of rotatable bonds is 8. The van der Waals surface area contributed by atoms with Gasteiger partial charge in [0.2, 0.25) is 17.8 Å². The highest BCUT2D eigenvalue weighted by atomic mass is 32.5. The molecule has 6 saturated heterocycles. The van der Waals surface area contributed by atoms with Gasteiger partial charge in [0.25, 0.3) is 17.0 Å². The number of nitrogens with one attached hydrogen (secondary N) is 4. The molecule has 568 valence electrons. The molecule has 4 bridgehead atoms. The van der Waals surface area contributed by atoms with Crippen molar-refractivity contribution in [1.29, 1.82) is 0 Å². The summed E-state index contributed by atoms with van der Waals surface area (Å²) in [5.74, 6) is -1.40. The smallest absolute Gasteiger partial charge is 0.325 e. The first kappa shape index (κ1) is 79.4. The van der Waals surface area contributed by atoms with Crippen LogP contribution >= 0.6 is 26.9 Å². The van der Waals surface area contributed by atoms with Gasteiger partial charge in [0.15, 0.2) is 75.6 Å². The van der Waals surface area contributed by atoms with Crippen molar-refractivity contribution < 1.29 is 93.1 Å². The summed E-state index contributed by atoms with van der Waals surface area (Å²) in [5, 5.41) is 5.23. The fourth-order valence-electron chi connectivity index (χ4n) is 11.6. The van der Waals surface area contributed by atoms with Crippen LogP contribution in [0.2, 0.25) is 0 Å². The van der Waals surface area contributed by atoms with Crippen molar-refractivity contribution in [3.8, 4) is 0 Å². The Hall–Kier alpha value is -6.66. The third-order valence-corrected chi connectivity index (χ3v) is 22.7. The second-order valence-corrected chi connectivity index (χ2v) is 34.5. The molecule has 105 heavy (non-hydrogen) atoms. The molecule has 0 aliphatic carbocycles. The number of anilines is 4. The van der Waals surface area contributed by atoms with E-state index in [2.05, 4.69) is 76.2 Å². The van der Waals surface area contributed by atoms with E-state index in [1.807, 2.05) is 0 Å². The van der Waals surface area contributed by atoms with Crippen LogP contribution in [0.1, 0.15) is 76.8 Å². The first-order chi connectivity index (χ1) is 49.0. The molecule has 9 aromatic rings. The van der Waals surface area contributed by atoms with Crippen molar-refractivity contribution >= 4 is 154 Å². The number of aromatic amines is 2. The average Bonchev–Trinajstić information content (AvgIpc) is 1.62. The van der Waals surface area contributed by atoms with E-state index in [0.717, 1.165) is 6.33 Å². The monoisotopic (exact) mass is 1620 g/mol. The van der Waals surface area contributed by atoms with Gasteiger partial charge in [-0.15, -0.1) is 0 Å². The van der Waals surface area contributed by atoms with Crippen LogP contribution in [-0.2, 0) is 107 Å². The van der Waals surface area contributed by atoms with Crippen molar-refractivity contribution in [1.82, 2.24) is 78.1 Å². The fraction of sp³-hybridized carbons (Fsp3) is 0.481. The molecule has 6 aliphatic heterocycles. The van der Waals surface area contributed by atoms with Crippen molar-refractivity contribution in [3.05, 3.63) is 94.6 Å². The zero-order valence-electron chi connectivity index (χ0n) is 53.2. The standard InChI is InChI=1S/C31H33FN10O11P2S2.C20H23FN10O9P2S2.CH5N.2CH4/c1-14(2)27(43)39-31-38-26-22(29(45)40-31)36-13-42(26)30-23-20(32)18(51-30)10-49-54(46,56)52-16-8-19(50-17(16)9-48-55(47,57)53-23)41-12-35-21-24(33-11-34-25(21)41)37-28(44)15-6-4-3-5-7-15;21-11-9-3-36-41(33,43)39-7-1-10(30-5-26-12-15(22)24-4-25-16(12)30)37-8(7)2-35-42(34,44)40-14(11)19(38-9)31-6-27-13-17(31)28-20(23)29-18(13)32;1-2;;/h3-7,11-14,16-20,23,30H,8-10H2,1-2H3,(H,46,56)(H,47,57)(H,33,34,37,44)(H2,38,39,40,43,45);4-11,14,19H,1-3H2,(H,33,43)(H,34,44)(H2,22,24,25)(H3,23,28,29,32);2H2,1H3;2*1H4/t16-,17+,18+,19+,20+,23+,30+,54?,55?;7-,8+,9+,10+,11+,14+,19+,41?,42?;;;/m00.../s1. The molecule has 0 spiro atoms. The third-order valence-electron chi connectivity index (χ3n) is 16.4. The van der Waals surface area contributed by atoms with E-state index in [9.17, 15) is 38.8 Å². The third kappa shape index (κ3) is 16.8. The largest absolute Gasteiger partial charge is 0.382 e. The Morgan fingerprint density at radius 3 is 1.50 bits per heavy atom. The lowest BCUT2D eigenvalue weighted by molar-refractivity contribution is -0.119. The van der Waals surface area contributed by atoms with Gasteiger partial charge in [-0.05, 0) is 66.4 Å². The molecule has 0 saturated carbocycles. The van der Waals surface area contributed by atoms with E-state index in [-0.39, 0.29) is 84.7 Å². The van der Waals surface area contributed by atoms with Gasteiger partial charge in [-0.1, -0.05) is 46.9 Å². The fourth-order valence-corrected chi connectivity index (χ4v) is 17.4. The highest BCUT2D eigenvalue weighted by Gasteiger charge is 2.54. The van der Waals surface area contributed by atoms with E-state index in [4.69, 9.17) is 114 Å². The number of nitrogens with zero attached hydrogens (tertiary/aromatic N) is 14. The number of fused-ring (bicyclic) bond motifs is 10. The minimum Gasteiger partial charge on any atom is -0.382 e. The number of carbonyl (C=O) groups excluding carboxylic acids is 2. The number of H-pyrrole nitrogens is 2. The summed E-state index contributed by atoms with van der Waals surface area (Å²) >= 11 is 21.1. The van der Waals surface area contributed by atoms with Gasteiger partial charge < -0.3 is 88.2 Å². The Labute approximate surface area is 611 Å². The van der Waals surface area contributed by atoms with Crippen molar-refractivity contribution in [3.63, 3.8) is 0 Å². The van der Waals surface area contributed by atoms with Gasteiger partial charge in [-0.3, -0.25) is 61.8 Å². The van der Waals surface area contributed by atoms with Gasteiger partial charge in [0.1, 0.15) is 67.3 Å². The molecule has 18 atom stereocenters. The predicted molar refractivity (Wildman–Crippen MR) is 381 cm³/mol. The Morgan fingerprint density at radius 2 is 0.990 bits per heavy atom. The number of hydrogen-bond acceptors (Lipinski definition) is 33. The van der Waals surface area contributed by atoms with E-state index in [0.29, 0.717) is 16.7 Å². The lowest BCUT2D eigenvalue weighted by Crippen LogP contribution is -2.32. The van der Waals surface area contributed by atoms with Crippen LogP contribution < -0.4 is 39.0 Å². The Kier molecular flexibility index (Phi) is 24.1. The number of hydrogen-bond donors (Lipinski definition) is 11. The van der Waals surface area contributed by atoms with E-state index >= 15 is 8.78 Å². The van der Waals surface area contributed by atoms with Crippen molar-refractivity contribution in [2.75, 3.05) is 55.6 Å². The topological polar surface area (TPSA) is 542 Å². The second kappa shape index (κ2) is 31.9. The lowest BCUT2D eigenvalue weighted by atomic mass is 10.1. The van der Waals surface area contributed by atoms with Crippen LogP contribution in [0.4, 0.5) is 32.3 Å². The number of nitrogen functional groups attached to an aromatic ring is 2. The summed E-state index contributed by atoms with van der Waals surface area (Å²) in [7, 11) is 1.50. The zero-order valence-corrected chi connectivity index (χ0v) is 60.1. The quantitative estimate of drug-likeness (QED) is 0.0972. The molecule has 51 heteroatoms.